The molecule has 1 fully saturated rings. The van der Waals surface area contributed by atoms with Gasteiger partial charge in [0.1, 0.15) is 11.5 Å². The van der Waals surface area contributed by atoms with Crippen LogP contribution in [0.1, 0.15) is 21.9 Å². The molecule has 2 heterocycles. The van der Waals surface area contributed by atoms with Gasteiger partial charge in [0.05, 0.1) is 13.7 Å². The van der Waals surface area contributed by atoms with Crippen LogP contribution < -0.4 is 4.90 Å². The maximum Gasteiger partial charge on any atom is 0.374 e. The number of carbonyl (C=O) groups is 1. The molecule has 0 saturated carbocycles. The smallest absolute Gasteiger partial charge is 0.374 e. The predicted octanol–water partition coefficient (Wildman–Crippen LogP) is 2.40. The molecule has 1 aliphatic heterocycles. The molecule has 0 unspecified atom stereocenters. The Morgan fingerprint density at radius 3 is 2.50 bits per heavy atom. The fraction of sp³-hybridized carbons (Fsp3) is 0.389. The van der Waals surface area contributed by atoms with Crippen molar-refractivity contribution in [3.05, 3.63) is 47.4 Å². The molecule has 128 valence electrons. The second-order valence-corrected chi connectivity index (χ2v) is 6.00. The van der Waals surface area contributed by atoms with E-state index < -0.39 is 5.97 Å². The molecular weight excluding hydrogens is 308 g/mol. The Bertz CT molecular complexity index is 700. The maximum absolute atomic E-state index is 11.6. The zero-order chi connectivity index (χ0) is 17.1. The van der Waals surface area contributed by atoms with Gasteiger partial charge in [-0.2, -0.15) is 0 Å². The Kier molecular flexibility index (Phi) is 4.76. The van der Waals surface area contributed by atoms with Gasteiger partial charge in [0, 0.05) is 37.4 Å². The van der Waals surface area contributed by atoms with E-state index in [0.717, 1.165) is 43.2 Å². The Morgan fingerprint density at radius 1 is 1.21 bits per heavy atom. The Labute approximate surface area is 141 Å². The van der Waals surface area contributed by atoms with Crippen molar-refractivity contribution in [2.75, 3.05) is 38.2 Å². The maximum atomic E-state index is 11.6. The number of carbonyl (C=O) groups excluding carboxylic acids is 1. The number of piperazine rings is 1. The summed E-state index contributed by atoms with van der Waals surface area (Å²) in [5.74, 6) is 0.920. The molecule has 0 atom stereocenters. The van der Waals surface area contributed by atoms with Gasteiger partial charge in [0.25, 0.3) is 0 Å². The van der Waals surface area contributed by atoms with Gasteiger partial charge < -0.3 is 19.2 Å². The first kappa shape index (κ1) is 16.4. The molecule has 1 N–H and O–H groups in total. The van der Waals surface area contributed by atoms with Gasteiger partial charge in [-0.3, -0.25) is 4.90 Å². The molecule has 1 aliphatic rings. The van der Waals surface area contributed by atoms with E-state index in [1.807, 2.05) is 25.1 Å². The van der Waals surface area contributed by atoms with E-state index in [4.69, 9.17) is 9.15 Å². The minimum atomic E-state index is -0.434. The SMILES string of the molecule is COC(=O)c1oc(CN2CCN(c3ccc(O)cc3)CC2)cc1C. The van der Waals surface area contributed by atoms with Crippen LogP contribution in [0.3, 0.4) is 0 Å². The van der Waals surface area contributed by atoms with Gasteiger partial charge in [0.15, 0.2) is 0 Å². The average Bonchev–Trinajstić information content (AvgIpc) is 2.96. The third kappa shape index (κ3) is 3.54. The van der Waals surface area contributed by atoms with Crippen LogP contribution in [-0.4, -0.2) is 49.3 Å². The van der Waals surface area contributed by atoms with Gasteiger partial charge in [-0.1, -0.05) is 0 Å². The molecule has 2 aromatic rings. The fourth-order valence-electron chi connectivity index (χ4n) is 2.97. The van der Waals surface area contributed by atoms with Gasteiger partial charge in [0.2, 0.25) is 5.76 Å². The lowest BCUT2D eigenvalue weighted by molar-refractivity contribution is 0.0560. The Hall–Kier alpha value is -2.47. The second-order valence-electron chi connectivity index (χ2n) is 6.00. The van der Waals surface area contributed by atoms with E-state index in [2.05, 4.69) is 9.80 Å². The summed E-state index contributed by atoms with van der Waals surface area (Å²) in [7, 11) is 1.35. The van der Waals surface area contributed by atoms with Crippen LogP contribution in [0.25, 0.3) is 0 Å². The first-order chi connectivity index (χ1) is 11.6. The third-order valence-corrected chi connectivity index (χ3v) is 4.31. The summed E-state index contributed by atoms with van der Waals surface area (Å²) < 4.78 is 10.4. The van der Waals surface area contributed by atoms with Crippen LogP contribution in [0.4, 0.5) is 5.69 Å². The molecule has 0 bridgehead atoms. The Balaban J connectivity index is 1.57. The van der Waals surface area contributed by atoms with Crippen molar-refractivity contribution in [3.8, 4) is 5.75 Å². The number of furan rings is 1. The first-order valence-corrected chi connectivity index (χ1v) is 8.01. The number of benzene rings is 1. The van der Waals surface area contributed by atoms with Crippen molar-refractivity contribution in [1.29, 1.82) is 0 Å². The largest absolute Gasteiger partial charge is 0.508 e. The summed E-state index contributed by atoms with van der Waals surface area (Å²) >= 11 is 0. The normalized spacial score (nSPS) is 15.5. The quantitative estimate of drug-likeness (QED) is 0.869. The van der Waals surface area contributed by atoms with Gasteiger partial charge in [-0.05, 0) is 37.3 Å². The predicted molar refractivity (Wildman–Crippen MR) is 90.4 cm³/mol. The molecule has 3 rings (SSSR count). The van der Waals surface area contributed by atoms with Crippen molar-refractivity contribution in [2.45, 2.75) is 13.5 Å². The first-order valence-electron chi connectivity index (χ1n) is 8.01. The summed E-state index contributed by atoms with van der Waals surface area (Å²) in [5, 5.41) is 9.37. The summed E-state index contributed by atoms with van der Waals surface area (Å²) in [6.07, 6.45) is 0. The minimum absolute atomic E-state index is 0.284. The number of phenols is 1. The summed E-state index contributed by atoms with van der Waals surface area (Å²) in [6, 6.07) is 9.19. The van der Waals surface area contributed by atoms with Crippen LogP contribution >= 0.6 is 0 Å². The third-order valence-electron chi connectivity index (χ3n) is 4.31. The topological polar surface area (TPSA) is 66.2 Å². The lowest BCUT2D eigenvalue weighted by Gasteiger charge is -2.35. The van der Waals surface area contributed by atoms with Crippen LogP contribution in [-0.2, 0) is 11.3 Å². The van der Waals surface area contributed by atoms with Crippen molar-refractivity contribution in [3.63, 3.8) is 0 Å². The van der Waals surface area contributed by atoms with Crippen molar-refractivity contribution in [2.24, 2.45) is 0 Å². The average molecular weight is 330 g/mol. The zero-order valence-corrected chi connectivity index (χ0v) is 14.0. The second kappa shape index (κ2) is 6.97. The number of ether oxygens (including phenoxy) is 1. The number of hydrogen-bond donors (Lipinski definition) is 1. The van der Waals surface area contributed by atoms with Crippen molar-refractivity contribution in [1.82, 2.24) is 4.90 Å². The lowest BCUT2D eigenvalue weighted by atomic mass is 10.2. The zero-order valence-electron chi connectivity index (χ0n) is 14.0. The highest BCUT2D eigenvalue weighted by atomic mass is 16.5. The van der Waals surface area contributed by atoms with Gasteiger partial charge in [-0.15, -0.1) is 0 Å². The summed E-state index contributed by atoms with van der Waals surface area (Å²) in [6.45, 7) is 6.17. The molecule has 6 nitrogen and oxygen atoms in total. The van der Waals surface area contributed by atoms with Crippen molar-refractivity contribution < 1.29 is 19.1 Å². The van der Waals surface area contributed by atoms with Crippen LogP contribution in [0.5, 0.6) is 5.75 Å². The molecular formula is C18H22N2O4. The number of rotatable bonds is 4. The fourth-order valence-corrected chi connectivity index (χ4v) is 2.97. The summed E-state index contributed by atoms with van der Waals surface area (Å²) in [5.41, 5.74) is 1.92. The molecule has 0 aliphatic carbocycles. The molecule has 0 radical (unpaired) electrons. The van der Waals surface area contributed by atoms with Crippen LogP contribution in [0, 0.1) is 6.92 Å². The summed E-state index contributed by atoms with van der Waals surface area (Å²) in [4.78, 5) is 16.2. The number of anilines is 1. The molecule has 1 saturated heterocycles. The van der Waals surface area contributed by atoms with E-state index in [9.17, 15) is 9.90 Å². The van der Waals surface area contributed by atoms with Crippen LogP contribution in [0.2, 0.25) is 0 Å². The highest BCUT2D eigenvalue weighted by molar-refractivity contribution is 5.87. The molecule has 24 heavy (non-hydrogen) atoms. The number of aromatic hydroxyl groups is 1. The van der Waals surface area contributed by atoms with E-state index in [-0.39, 0.29) is 11.5 Å². The van der Waals surface area contributed by atoms with Gasteiger partial charge >= 0.3 is 5.97 Å². The van der Waals surface area contributed by atoms with E-state index in [1.54, 1.807) is 12.1 Å². The number of phenolic OH excluding ortho intramolecular Hbond substituents is 1. The molecule has 1 aromatic heterocycles. The van der Waals surface area contributed by atoms with E-state index in [0.29, 0.717) is 6.54 Å². The minimum Gasteiger partial charge on any atom is -0.508 e. The highest BCUT2D eigenvalue weighted by Gasteiger charge is 2.21. The number of aryl methyl sites for hydroxylation is 1. The molecule has 0 spiro atoms. The molecule has 0 amide bonds. The van der Waals surface area contributed by atoms with E-state index in [1.165, 1.54) is 7.11 Å². The molecule has 6 heteroatoms. The number of hydrogen-bond acceptors (Lipinski definition) is 6. The highest BCUT2D eigenvalue weighted by Crippen LogP contribution is 2.21. The van der Waals surface area contributed by atoms with Crippen LogP contribution in [0.15, 0.2) is 34.7 Å². The number of nitrogens with zero attached hydrogens (tertiary/aromatic N) is 2. The molecule has 1 aromatic carbocycles. The Morgan fingerprint density at radius 2 is 1.88 bits per heavy atom. The standard InChI is InChI=1S/C18H22N2O4/c1-13-11-16(24-17(13)18(22)23-2)12-19-7-9-20(10-8-19)14-3-5-15(21)6-4-14/h3-6,11,21H,7-10,12H2,1-2H3. The van der Waals surface area contributed by atoms with Gasteiger partial charge in [-0.25, -0.2) is 4.79 Å². The number of esters is 1. The number of methoxy groups -OCH3 is 1. The van der Waals surface area contributed by atoms with Crippen molar-refractivity contribution >= 4 is 11.7 Å². The van der Waals surface area contributed by atoms with E-state index >= 15 is 0 Å². The lowest BCUT2D eigenvalue weighted by Crippen LogP contribution is -2.45. The monoisotopic (exact) mass is 330 g/mol.